The van der Waals surface area contributed by atoms with E-state index < -0.39 is 54.3 Å². The van der Waals surface area contributed by atoms with Gasteiger partial charge in [0.1, 0.15) is 6.04 Å². The summed E-state index contributed by atoms with van der Waals surface area (Å²) in [6.07, 6.45) is -5.08. The Labute approximate surface area is 225 Å². The highest BCUT2D eigenvalue weighted by molar-refractivity contribution is 6.31. The third-order valence-corrected chi connectivity index (χ3v) is 6.73. The first kappa shape index (κ1) is 28.0. The molecule has 10 nitrogen and oxygen atoms in total. The number of piperidine rings is 1. The van der Waals surface area contributed by atoms with Crippen LogP contribution in [0.5, 0.6) is 0 Å². The number of hydrogen-bond donors (Lipinski definition) is 3. The van der Waals surface area contributed by atoms with Crippen molar-refractivity contribution in [1.82, 2.24) is 10.2 Å². The molecule has 2 aromatic carbocycles. The molecule has 4 rings (SSSR count). The van der Waals surface area contributed by atoms with Crippen LogP contribution in [0.15, 0.2) is 36.4 Å². The molecule has 14 heteroatoms. The Kier molecular flexibility index (Phi) is 8.19. The Morgan fingerprint density at radius 1 is 1.21 bits per heavy atom. The second kappa shape index (κ2) is 11.4. The Morgan fingerprint density at radius 2 is 1.92 bits per heavy atom. The summed E-state index contributed by atoms with van der Waals surface area (Å²) in [4.78, 5) is 51.0. The van der Waals surface area contributed by atoms with E-state index in [2.05, 4.69) is 20.7 Å². The minimum atomic E-state index is -2.93. The summed E-state index contributed by atoms with van der Waals surface area (Å²) in [5, 5.41) is 6.93. The number of rotatable bonds is 6. The maximum Gasteiger partial charge on any atom is 0.412 e. The van der Waals surface area contributed by atoms with Crippen molar-refractivity contribution in [2.45, 2.75) is 37.3 Å². The third-order valence-electron chi connectivity index (χ3n) is 6.44. The molecule has 0 bridgehead atoms. The van der Waals surface area contributed by atoms with E-state index in [1.165, 1.54) is 48.4 Å². The zero-order valence-electron chi connectivity index (χ0n) is 20.6. The molecule has 0 aromatic heterocycles. The van der Waals surface area contributed by atoms with Crippen molar-refractivity contribution < 1.29 is 41.8 Å². The van der Waals surface area contributed by atoms with Gasteiger partial charge >= 0.3 is 12.2 Å². The van der Waals surface area contributed by atoms with E-state index in [1.807, 2.05) is 0 Å². The highest BCUT2D eigenvalue weighted by Crippen LogP contribution is 2.45. The molecule has 3 N–H and O–H groups in total. The van der Waals surface area contributed by atoms with Gasteiger partial charge in [0, 0.05) is 24.2 Å². The minimum absolute atomic E-state index is 0.0396. The number of halogens is 4. The van der Waals surface area contributed by atoms with E-state index in [4.69, 9.17) is 16.3 Å². The number of alkyl halides is 2. The quantitative estimate of drug-likeness (QED) is 0.471. The number of fused-ring (bicyclic) bond motifs is 2. The number of carbonyl (C=O) groups excluding carboxylic acids is 4. The van der Waals surface area contributed by atoms with Gasteiger partial charge in [0.2, 0.25) is 12.3 Å². The number of hydrogen-bond acceptors (Lipinski definition) is 6. The molecule has 39 heavy (non-hydrogen) atoms. The van der Waals surface area contributed by atoms with Crippen LogP contribution in [0, 0.1) is 5.82 Å². The van der Waals surface area contributed by atoms with E-state index in [0.29, 0.717) is 5.69 Å². The minimum Gasteiger partial charge on any atom is -0.453 e. The number of amides is 4. The fraction of sp³-hybridized carbons (Fsp3) is 0.360. The van der Waals surface area contributed by atoms with E-state index >= 15 is 4.39 Å². The van der Waals surface area contributed by atoms with Crippen molar-refractivity contribution in [2.24, 2.45) is 0 Å². The molecule has 2 aromatic rings. The van der Waals surface area contributed by atoms with Crippen molar-refractivity contribution in [3.8, 4) is 0 Å². The first-order valence-electron chi connectivity index (χ1n) is 11.8. The summed E-state index contributed by atoms with van der Waals surface area (Å²) in [5.74, 6) is -2.47. The monoisotopic (exact) mass is 568 g/mol. The Balaban J connectivity index is 1.55. The van der Waals surface area contributed by atoms with Crippen molar-refractivity contribution in [2.75, 3.05) is 30.8 Å². The molecule has 0 unspecified atom stereocenters. The van der Waals surface area contributed by atoms with Gasteiger partial charge in [-0.15, -0.1) is 0 Å². The molecule has 1 fully saturated rings. The van der Waals surface area contributed by atoms with E-state index in [-0.39, 0.29) is 47.8 Å². The molecule has 208 valence electrons. The number of nitrogens with zero attached hydrogens (tertiary/aromatic N) is 1. The van der Waals surface area contributed by atoms with Crippen LogP contribution >= 0.6 is 11.6 Å². The lowest BCUT2D eigenvalue weighted by Gasteiger charge is -2.45. The smallest absolute Gasteiger partial charge is 0.412 e. The van der Waals surface area contributed by atoms with Crippen LogP contribution in [0.2, 0.25) is 5.02 Å². The van der Waals surface area contributed by atoms with Gasteiger partial charge < -0.3 is 19.7 Å². The van der Waals surface area contributed by atoms with Crippen molar-refractivity contribution in [3.05, 3.63) is 58.4 Å². The molecule has 1 saturated heterocycles. The van der Waals surface area contributed by atoms with Crippen LogP contribution in [0.4, 0.5) is 34.1 Å². The number of likely N-dealkylation sites (tertiary alicyclic amines) is 1. The molecule has 2 aliphatic rings. The molecule has 0 aliphatic carbocycles. The SMILES string of the molecule is COC(=O)Nc1ccc(C(=O)N[C@@H](CC(F)F)C(=O)N2CCC[C@@]3(C2)OC(=O)Nc2ccc(Cl)c(F)c23)cc1. The lowest BCUT2D eigenvalue weighted by Crippen LogP contribution is -2.57. The fourth-order valence-electron chi connectivity index (χ4n) is 4.70. The van der Waals surface area contributed by atoms with Gasteiger partial charge in [0.05, 0.1) is 29.9 Å². The standard InChI is InChI=1S/C25H24ClF3N4O6/c1-38-23(36)30-14-5-3-13(4-6-14)21(34)31-17(11-18(27)28)22(35)33-10-2-9-25(12-33)19-16(32-24(37)39-25)8-7-15(26)20(19)29/h3-8,17-18H,2,9-12H2,1H3,(H,30,36)(H,31,34)(H,32,37)/t17-,25-/m0/s1. The van der Waals surface area contributed by atoms with Gasteiger partial charge in [-0.05, 0) is 49.2 Å². The lowest BCUT2D eigenvalue weighted by molar-refractivity contribution is -0.142. The average molecular weight is 569 g/mol. The van der Waals surface area contributed by atoms with E-state index in [1.54, 1.807) is 0 Å². The molecule has 0 radical (unpaired) electrons. The fourth-order valence-corrected chi connectivity index (χ4v) is 4.85. The molecule has 4 amide bonds. The van der Waals surface area contributed by atoms with Crippen molar-refractivity contribution >= 4 is 47.0 Å². The van der Waals surface area contributed by atoms with Crippen LogP contribution < -0.4 is 16.0 Å². The van der Waals surface area contributed by atoms with Gasteiger partial charge in [0.15, 0.2) is 11.4 Å². The molecule has 2 atom stereocenters. The van der Waals surface area contributed by atoms with Gasteiger partial charge in [0.25, 0.3) is 5.91 Å². The van der Waals surface area contributed by atoms with Gasteiger partial charge in [-0.3, -0.25) is 20.2 Å². The van der Waals surface area contributed by atoms with E-state index in [0.717, 1.165) is 0 Å². The largest absolute Gasteiger partial charge is 0.453 e. The number of benzene rings is 2. The van der Waals surface area contributed by atoms with E-state index in [9.17, 15) is 28.0 Å². The predicted molar refractivity (Wildman–Crippen MR) is 133 cm³/mol. The topological polar surface area (TPSA) is 126 Å². The van der Waals surface area contributed by atoms with Crippen molar-refractivity contribution in [1.29, 1.82) is 0 Å². The van der Waals surface area contributed by atoms with Gasteiger partial charge in [-0.25, -0.2) is 22.8 Å². The zero-order valence-corrected chi connectivity index (χ0v) is 21.3. The van der Waals surface area contributed by atoms with Crippen LogP contribution in [-0.4, -0.2) is 61.6 Å². The van der Waals surface area contributed by atoms with Crippen LogP contribution in [0.3, 0.4) is 0 Å². The summed E-state index contributed by atoms with van der Waals surface area (Å²) in [6.45, 7) is -0.223. The average Bonchev–Trinajstić information content (AvgIpc) is 2.89. The lowest BCUT2D eigenvalue weighted by atomic mass is 9.83. The maximum atomic E-state index is 15.1. The molecule has 0 saturated carbocycles. The normalized spacial score (nSPS) is 19.0. The van der Waals surface area contributed by atoms with Crippen LogP contribution in [0.25, 0.3) is 0 Å². The zero-order chi connectivity index (χ0) is 28.3. The summed E-state index contributed by atoms with van der Waals surface area (Å²) >= 11 is 5.97. The first-order chi connectivity index (χ1) is 18.5. The van der Waals surface area contributed by atoms with Gasteiger partial charge in [-0.2, -0.15) is 0 Å². The first-order valence-corrected chi connectivity index (χ1v) is 12.2. The summed E-state index contributed by atoms with van der Waals surface area (Å²) in [5.41, 5.74) is -1.14. The highest BCUT2D eigenvalue weighted by atomic mass is 35.5. The molecular weight excluding hydrogens is 545 g/mol. The Bertz CT molecular complexity index is 1300. The number of anilines is 2. The summed E-state index contributed by atoms with van der Waals surface area (Å²) < 4.78 is 52.0. The third kappa shape index (κ3) is 6.03. The molecule has 1 spiro atoms. The highest BCUT2D eigenvalue weighted by Gasteiger charge is 2.49. The number of carbonyl (C=O) groups is 4. The second-order valence-electron chi connectivity index (χ2n) is 9.00. The van der Waals surface area contributed by atoms with Crippen molar-refractivity contribution in [3.63, 3.8) is 0 Å². The molecular formula is C25H24ClF3N4O6. The molecule has 2 aliphatic heterocycles. The second-order valence-corrected chi connectivity index (χ2v) is 9.41. The van der Waals surface area contributed by atoms with Crippen LogP contribution in [0.1, 0.15) is 35.2 Å². The number of methoxy groups -OCH3 is 1. The number of nitrogens with one attached hydrogen (secondary N) is 3. The Morgan fingerprint density at radius 3 is 2.59 bits per heavy atom. The summed E-state index contributed by atoms with van der Waals surface area (Å²) in [7, 11) is 1.18. The maximum absolute atomic E-state index is 15.1. The summed E-state index contributed by atoms with van der Waals surface area (Å²) in [6, 6.07) is 6.51. The predicted octanol–water partition coefficient (Wildman–Crippen LogP) is 4.49. The Hall–Kier alpha value is -4.00. The number of ether oxygens (including phenoxy) is 2. The molecule has 2 heterocycles. The van der Waals surface area contributed by atoms with Crippen LogP contribution in [-0.2, 0) is 19.9 Å². The van der Waals surface area contributed by atoms with Gasteiger partial charge in [-0.1, -0.05) is 11.6 Å².